The number of hydrogen-bond donors (Lipinski definition) is 2. The van der Waals surface area contributed by atoms with Gasteiger partial charge in [0.1, 0.15) is 5.60 Å². The molecule has 30 heavy (non-hydrogen) atoms. The van der Waals surface area contributed by atoms with E-state index in [4.69, 9.17) is 19.2 Å². The van der Waals surface area contributed by atoms with Gasteiger partial charge in [0, 0.05) is 32.7 Å². The Labute approximate surface area is 180 Å². The van der Waals surface area contributed by atoms with Crippen molar-refractivity contribution in [2.24, 2.45) is 4.99 Å². The number of nitrogens with zero attached hydrogens (tertiary/aromatic N) is 2. The van der Waals surface area contributed by atoms with Crippen LogP contribution < -0.4 is 20.1 Å². The van der Waals surface area contributed by atoms with E-state index in [0.717, 1.165) is 49.9 Å². The van der Waals surface area contributed by atoms with Crippen molar-refractivity contribution < 1.29 is 19.0 Å². The Morgan fingerprint density at radius 3 is 2.40 bits per heavy atom. The number of amides is 1. The number of nitrogens with one attached hydrogen (secondary N) is 2. The molecule has 1 aromatic carbocycles. The fourth-order valence-electron chi connectivity index (χ4n) is 3.26. The van der Waals surface area contributed by atoms with Crippen molar-refractivity contribution in [1.29, 1.82) is 0 Å². The smallest absolute Gasteiger partial charge is 0.407 e. The zero-order valence-corrected chi connectivity index (χ0v) is 19.1. The first kappa shape index (κ1) is 23.6. The highest BCUT2D eigenvalue weighted by molar-refractivity contribution is 5.80. The van der Waals surface area contributed by atoms with E-state index in [1.807, 2.05) is 20.8 Å². The number of rotatable bonds is 7. The third-order valence-corrected chi connectivity index (χ3v) is 4.62. The highest BCUT2D eigenvalue weighted by Crippen LogP contribution is 2.33. The van der Waals surface area contributed by atoms with E-state index in [2.05, 4.69) is 34.6 Å². The molecule has 1 aliphatic heterocycles. The number of hydrogen-bond acceptors (Lipinski definition) is 5. The highest BCUT2D eigenvalue weighted by Gasteiger charge is 2.21. The van der Waals surface area contributed by atoms with Gasteiger partial charge in [0.2, 0.25) is 0 Å². The van der Waals surface area contributed by atoms with Crippen LogP contribution in [0, 0.1) is 0 Å². The van der Waals surface area contributed by atoms with Crippen LogP contribution in [-0.2, 0) is 17.7 Å². The van der Waals surface area contributed by atoms with Crippen molar-refractivity contribution in [2.75, 3.05) is 40.4 Å². The van der Waals surface area contributed by atoms with Gasteiger partial charge in [-0.25, -0.2) is 4.79 Å². The van der Waals surface area contributed by atoms with E-state index in [-0.39, 0.29) is 0 Å². The second-order valence-electron chi connectivity index (χ2n) is 8.17. The molecule has 0 spiro atoms. The Hall–Kier alpha value is -2.64. The molecule has 0 fully saturated rings. The van der Waals surface area contributed by atoms with Crippen LogP contribution in [0.2, 0.25) is 0 Å². The maximum absolute atomic E-state index is 11.7. The summed E-state index contributed by atoms with van der Waals surface area (Å²) in [5.74, 6) is 2.39. The van der Waals surface area contributed by atoms with Gasteiger partial charge in [-0.05, 0) is 63.8 Å². The normalized spacial score (nSPS) is 14.1. The molecule has 0 unspecified atom stereocenters. The van der Waals surface area contributed by atoms with Crippen molar-refractivity contribution in [3.63, 3.8) is 0 Å². The molecule has 0 saturated heterocycles. The first-order valence-corrected chi connectivity index (χ1v) is 10.5. The van der Waals surface area contributed by atoms with E-state index >= 15 is 0 Å². The number of ether oxygens (including phenoxy) is 3. The summed E-state index contributed by atoms with van der Waals surface area (Å²) in [5, 5.41) is 6.14. The molecule has 1 aromatic rings. The van der Waals surface area contributed by atoms with Crippen LogP contribution in [0.15, 0.2) is 17.1 Å². The number of alkyl carbamates (subject to hydrolysis) is 1. The Kier molecular flexibility index (Phi) is 8.62. The average Bonchev–Trinajstić information content (AvgIpc) is 2.69. The third kappa shape index (κ3) is 7.00. The first-order chi connectivity index (χ1) is 14.3. The summed E-state index contributed by atoms with van der Waals surface area (Å²) in [7, 11) is 3.31. The summed E-state index contributed by atoms with van der Waals surface area (Å²) in [6.07, 6.45) is 1.26. The fraction of sp³-hybridized carbons (Fsp3) is 0.636. The molecule has 1 amide bonds. The van der Waals surface area contributed by atoms with Gasteiger partial charge in [-0.2, -0.15) is 0 Å². The van der Waals surface area contributed by atoms with Crippen LogP contribution in [0.5, 0.6) is 11.5 Å². The van der Waals surface area contributed by atoms with Crippen LogP contribution in [0.25, 0.3) is 0 Å². The molecule has 0 radical (unpaired) electrons. The molecule has 1 heterocycles. The molecular weight excluding hydrogens is 384 g/mol. The van der Waals surface area contributed by atoms with E-state index in [1.165, 1.54) is 11.1 Å². The maximum Gasteiger partial charge on any atom is 0.407 e. The lowest BCUT2D eigenvalue weighted by Crippen LogP contribution is -2.44. The zero-order chi connectivity index (χ0) is 22.1. The first-order valence-electron chi connectivity index (χ1n) is 10.5. The Bertz CT molecular complexity index is 743. The molecule has 0 bridgehead atoms. The van der Waals surface area contributed by atoms with Crippen molar-refractivity contribution in [3.05, 3.63) is 23.3 Å². The molecule has 168 valence electrons. The lowest BCUT2D eigenvalue weighted by atomic mass is 9.99. The molecule has 0 saturated carbocycles. The monoisotopic (exact) mass is 420 g/mol. The highest BCUT2D eigenvalue weighted by atomic mass is 16.6. The SMILES string of the molecule is CCNC(=NCCCNC(=O)OC(C)(C)C)N1CCc2cc(OC)c(OC)cc2C1. The van der Waals surface area contributed by atoms with E-state index in [0.29, 0.717) is 13.1 Å². The van der Waals surface area contributed by atoms with Gasteiger partial charge in [-0.15, -0.1) is 0 Å². The largest absolute Gasteiger partial charge is 0.493 e. The fourth-order valence-corrected chi connectivity index (χ4v) is 3.26. The van der Waals surface area contributed by atoms with Crippen molar-refractivity contribution >= 4 is 12.1 Å². The minimum Gasteiger partial charge on any atom is -0.493 e. The zero-order valence-electron chi connectivity index (χ0n) is 19.1. The van der Waals surface area contributed by atoms with Gasteiger partial charge in [-0.3, -0.25) is 4.99 Å². The van der Waals surface area contributed by atoms with Crippen LogP contribution in [0.1, 0.15) is 45.2 Å². The van der Waals surface area contributed by atoms with Gasteiger partial charge in [0.05, 0.1) is 14.2 Å². The summed E-state index contributed by atoms with van der Waals surface area (Å²) >= 11 is 0. The standard InChI is InChI=1S/C22H36N4O4/c1-7-23-20(24-10-8-11-25-21(27)30-22(2,3)4)26-12-9-16-13-18(28-5)19(29-6)14-17(16)15-26/h13-14H,7-12,15H2,1-6H3,(H,23,24)(H,25,27). The van der Waals surface area contributed by atoms with Gasteiger partial charge in [0.25, 0.3) is 0 Å². The third-order valence-electron chi connectivity index (χ3n) is 4.62. The molecule has 8 heteroatoms. The topological polar surface area (TPSA) is 84.4 Å². The number of fused-ring (bicyclic) bond motifs is 1. The molecule has 0 aliphatic carbocycles. The number of aliphatic imine (C=N–C) groups is 1. The summed E-state index contributed by atoms with van der Waals surface area (Å²) < 4.78 is 16.1. The second kappa shape index (κ2) is 10.9. The van der Waals surface area contributed by atoms with Crippen LogP contribution in [0.3, 0.4) is 0 Å². The van der Waals surface area contributed by atoms with E-state index in [9.17, 15) is 4.79 Å². The number of methoxy groups -OCH3 is 2. The predicted molar refractivity (Wildman–Crippen MR) is 118 cm³/mol. The molecule has 0 aromatic heterocycles. The summed E-state index contributed by atoms with van der Waals surface area (Å²) in [6, 6.07) is 4.12. The lowest BCUT2D eigenvalue weighted by molar-refractivity contribution is 0.0527. The van der Waals surface area contributed by atoms with Crippen LogP contribution >= 0.6 is 0 Å². The van der Waals surface area contributed by atoms with Gasteiger partial charge >= 0.3 is 6.09 Å². The quantitative estimate of drug-likeness (QED) is 0.401. The Morgan fingerprint density at radius 1 is 1.13 bits per heavy atom. The summed E-state index contributed by atoms with van der Waals surface area (Å²) in [6.45, 7) is 11.2. The van der Waals surface area contributed by atoms with Gasteiger partial charge < -0.3 is 29.7 Å². The number of guanidine groups is 1. The molecule has 1 aliphatic rings. The molecular formula is C22H36N4O4. The Balaban J connectivity index is 1.94. The van der Waals surface area contributed by atoms with Crippen molar-refractivity contribution in [3.8, 4) is 11.5 Å². The predicted octanol–water partition coefficient (Wildman–Crippen LogP) is 2.94. The Morgan fingerprint density at radius 2 is 1.80 bits per heavy atom. The van der Waals surface area contributed by atoms with Gasteiger partial charge in [-0.1, -0.05) is 0 Å². The van der Waals surface area contributed by atoms with Crippen molar-refractivity contribution in [1.82, 2.24) is 15.5 Å². The number of benzene rings is 1. The van der Waals surface area contributed by atoms with Gasteiger partial charge in [0.15, 0.2) is 17.5 Å². The minimum atomic E-state index is -0.488. The van der Waals surface area contributed by atoms with E-state index in [1.54, 1.807) is 14.2 Å². The van der Waals surface area contributed by atoms with Crippen molar-refractivity contribution in [2.45, 2.75) is 52.7 Å². The summed E-state index contributed by atoms with van der Waals surface area (Å²) in [4.78, 5) is 18.7. The number of carbonyl (C=O) groups is 1. The minimum absolute atomic E-state index is 0.393. The van der Waals surface area contributed by atoms with E-state index < -0.39 is 11.7 Å². The molecule has 0 atom stereocenters. The second-order valence-corrected chi connectivity index (χ2v) is 8.17. The van der Waals surface area contributed by atoms with Crippen LogP contribution in [-0.4, -0.2) is 63.0 Å². The lowest BCUT2D eigenvalue weighted by Gasteiger charge is -2.32. The molecule has 2 N–H and O–H groups in total. The molecule has 8 nitrogen and oxygen atoms in total. The average molecular weight is 421 g/mol. The summed E-state index contributed by atoms with van der Waals surface area (Å²) in [5.41, 5.74) is 2.01. The maximum atomic E-state index is 11.7. The van der Waals surface area contributed by atoms with Crippen LogP contribution in [0.4, 0.5) is 4.79 Å². The number of carbonyl (C=O) groups excluding carboxylic acids is 1. The molecule has 2 rings (SSSR count).